The third-order valence-electron chi connectivity index (χ3n) is 4.47. The van der Waals surface area contributed by atoms with Crippen LogP contribution in [0, 0.1) is 5.82 Å². The molecule has 0 aromatic heterocycles. The fourth-order valence-corrected chi connectivity index (χ4v) is 3.22. The van der Waals surface area contributed by atoms with Gasteiger partial charge >= 0.3 is 0 Å². The summed E-state index contributed by atoms with van der Waals surface area (Å²) in [6.07, 6.45) is 2.18. The van der Waals surface area contributed by atoms with Crippen molar-refractivity contribution >= 4 is 5.69 Å². The first kappa shape index (κ1) is 14.8. The zero-order chi connectivity index (χ0) is 14.7. The first-order chi connectivity index (χ1) is 10.3. The van der Waals surface area contributed by atoms with Gasteiger partial charge in [0, 0.05) is 26.2 Å². The number of anilines is 1. The van der Waals surface area contributed by atoms with Gasteiger partial charge in [0.15, 0.2) is 0 Å². The smallest absolute Gasteiger partial charge is 0.146 e. The van der Waals surface area contributed by atoms with Crippen LogP contribution in [0.1, 0.15) is 12.8 Å². The number of hydrogen-bond donors (Lipinski definition) is 1. The molecule has 2 saturated heterocycles. The molecule has 0 aliphatic carbocycles. The predicted octanol–water partition coefficient (Wildman–Crippen LogP) is 1.80. The van der Waals surface area contributed by atoms with Gasteiger partial charge in [-0.3, -0.25) is 0 Å². The summed E-state index contributed by atoms with van der Waals surface area (Å²) in [7, 11) is 1.73. The largest absolute Gasteiger partial charge is 0.377 e. The third-order valence-corrected chi connectivity index (χ3v) is 4.47. The van der Waals surface area contributed by atoms with Gasteiger partial charge in [-0.15, -0.1) is 0 Å². The molecule has 116 valence electrons. The van der Waals surface area contributed by atoms with Gasteiger partial charge in [-0.2, -0.15) is 0 Å². The number of methoxy groups -OCH3 is 1. The predicted molar refractivity (Wildman–Crippen MR) is 80.2 cm³/mol. The van der Waals surface area contributed by atoms with Crippen LogP contribution in [-0.2, 0) is 9.47 Å². The number of hydrogen-bond acceptors (Lipinski definition) is 4. The summed E-state index contributed by atoms with van der Waals surface area (Å²) in [5.74, 6) is -0.132. The van der Waals surface area contributed by atoms with Crippen LogP contribution in [0.2, 0.25) is 0 Å². The van der Waals surface area contributed by atoms with Gasteiger partial charge < -0.3 is 19.7 Å². The van der Waals surface area contributed by atoms with Gasteiger partial charge in [-0.25, -0.2) is 4.39 Å². The molecule has 21 heavy (non-hydrogen) atoms. The summed E-state index contributed by atoms with van der Waals surface area (Å²) in [6, 6.07) is 7.74. The van der Waals surface area contributed by atoms with Gasteiger partial charge in [0.2, 0.25) is 0 Å². The summed E-state index contributed by atoms with van der Waals surface area (Å²) in [4.78, 5) is 2.13. The molecule has 2 fully saturated rings. The number of piperidine rings is 1. The molecule has 5 heteroatoms. The molecular formula is C16H23FN2O2. The second-order valence-electron chi connectivity index (χ2n) is 5.80. The first-order valence-corrected chi connectivity index (χ1v) is 7.64. The molecule has 2 aliphatic rings. The van der Waals surface area contributed by atoms with Crippen LogP contribution in [0.15, 0.2) is 24.3 Å². The lowest BCUT2D eigenvalue weighted by Gasteiger charge is -2.35. The van der Waals surface area contributed by atoms with E-state index in [0.717, 1.165) is 31.6 Å². The molecule has 0 unspecified atom stereocenters. The highest BCUT2D eigenvalue weighted by atomic mass is 19.1. The van der Waals surface area contributed by atoms with E-state index in [9.17, 15) is 4.39 Å². The number of nitrogens with one attached hydrogen (secondary N) is 1. The van der Waals surface area contributed by atoms with E-state index in [1.165, 1.54) is 6.07 Å². The second-order valence-corrected chi connectivity index (χ2v) is 5.80. The molecule has 0 spiro atoms. The maximum atomic E-state index is 13.8. The summed E-state index contributed by atoms with van der Waals surface area (Å²) < 4.78 is 24.7. The van der Waals surface area contributed by atoms with E-state index in [-0.39, 0.29) is 18.0 Å². The summed E-state index contributed by atoms with van der Waals surface area (Å²) in [6.45, 7) is 3.14. The zero-order valence-corrected chi connectivity index (χ0v) is 12.4. The molecule has 1 aromatic rings. The van der Waals surface area contributed by atoms with E-state index in [0.29, 0.717) is 19.3 Å². The number of ether oxygens (including phenoxy) is 2. The quantitative estimate of drug-likeness (QED) is 0.918. The molecule has 2 aliphatic heterocycles. The lowest BCUT2D eigenvalue weighted by molar-refractivity contribution is 0.0711. The van der Waals surface area contributed by atoms with Crippen molar-refractivity contribution in [3.8, 4) is 0 Å². The van der Waals surface area contributed by atoms with Crippen molar-refractivity contribution in [2.75, 3.05) is 38.3 Å². The Kier molecular flexibility index (Phi) is 4.73. The van der Waals surface area contributed by atoms with Crippen LogP contribution < -0.4 is 10.2 Å². The minimum atomic E-state index is -0.132. The molecule has 1 aromatic carbocycles. The lowest BCUT2D eigenvalue weighted by atomic mass is 10.0. The van der Waals surface area contributed by atoms with Gasteiger partial charge in [0.25, 0.3) is 0 Å². The average molecular weight is 294 g/mol. The number of benzene rings is 1. The minimum Gasteiger partial charge on any atom is -0.377 e. The molecule has 0 amide bonds. The number of halogens is 1. The monoisotopic (exact) mass is 294 g/mol. The van der Waals surface area contributed by atoms with Crippen molar-refractivity contribution in [1.29, 1.82) is 0 Å². The van der Waals surface area contributed by atoms with Gasteiger partial charge in [0.1, 0.15) is 5.82 Å². The summed E-state index contributed by atoms with van der Waals surface area (Å²) in [5, 5.41) is 3.64. The van der Waals surface area contributed by atoms with E-state index in [1.807, 2.05) is 12.1 Å². The van der Waals surface area contributed by atoms with Crippen molar-refractivity contribution in [3.63, 3.8) is 0 Å². The van der Waals surface area contributed by atoms with E-state index >= 15 is 0 Å². The van der Waals surface area contributed by atoms with Crippen LogP contribution in [0.3, 0.4) is 0 Å². The fourth-order valence-electron chi connectivity index (χ4n) is 3.22. The molecule has 0 radical (unpaired) electrons. The molecule has 0 bridgehead atoms. The van der Waals surface area contributed by atoms with Crippen molar-refractivity contribution in [2.45, 2.75) is 31.0 Å². The highest BCUT2D eigenvalue weighted by Crippen LogP contribution is 2.23. The van der Waals surface area contributed by atoms with Gasteiger partial charge in [-0.05, 0) is 25.0 Å². The Bertz CT molecular complexity index is 463. The Morgan fingerprint density at radius 1 is 1.24 bits per heavy atom. The van der Waals surface area contributed by atoms with E-state index < -0.39 is 0 Å². The molecule has 2 heterocycles. The van der Waals surface area contributed by atoms with Crippen molar-refractivity contribution in [1.82, 2.24) is 5.32 Å². The topological polar surface area (TPSA) is 33.7 Å². The number of rotatable bonds is 4. The van der Waals surface area contributed by atoms with E-state index in [4.69, 9.17) is 9.47 Å². The zero-order valence-electron chi connectivity index (χ0n) is 12.4. The Balaban J connectivity index is 1.52. The average Bonchev–Trinajstić information content (AvgIpc) is 2.96. The molecule has 3 rings (SSSR count). The third kappa shape index (κ3) is 3.36. The number of para-hydroxylation sites is 1. The van der Waals surface area contributed by atoms with Crippen LogP contribution in [0.25, 0.3) is 0 Å². The minimum absolute atomic E-state index is 0.132. The summed E-state index contributed by atoms with van der Waals surface area (Å²) in [5.41, 5.74) is 0.718. The highest BCUT2D eigenvalue weighted by Gasteiger charge is 2.31. The lowest BCUT2D eigenvalue weighted by Crippen LogP contribution is -2.50. The second kappa shape index (κ2) is 6.73. The maximum Gasteiger partial charge on any atom is 0.146 e. The van der Waals surface area contributed by atoms with Crippen LogP contribution in [0.5, 0.6) is 0 Å². The molecule has 1 N–H and O–H groups in total. The van der Waals surface area contributed by atoms with Crippen molar-refractivity contribution in [3.05, 3.63) is 30.1 Å². The van der Waals surface area contributed by atoms with E-state index in [1.54, 1.807) is 13.2 Å². The Labute approximate surface area is 125 Å². The molecular weight excluding hydrogens is 271 g/mol. The van der Waals surface area contributed by atoms with Crippen LogP contribution >= 0.6 is 0 Å². The number of nitrogens with zero attached hydrogens (tertiary/aromatic N) is 1. The SMILES string of the molecule is CO[C@H]1COC[C@@H]1NC1CCN(c2ccccc2F)CC1. The highest BCUT2D eigenvalue weighted by molar-refractivity contribution is 5.47. The van der Waals surface area contributed by atoms with Crippen LogP contribution in [0.4, 0.5) is 10.1 Å². The standard InChI is InChI=1S/C16H23FN2O2/c1-20-16-11-21-10-14(16)18-12-6-8-19(9-7-12)15-5-3-2-4-13(15)17/h2-5,12,14,16,18H,6-11H2,1H3/t14-,16-/m0/s1. The van der Waals surface area contributed by atoms with Crippen LogP contribution in [-0.4, -0.2) is 51.6 Å². The van der Waals surface area contributed by atoms with Crippen molar-refractivity contribution in [2.24, 2.45) is 0 Å². The molecule has 4 nitrogen and oxygen atoms in total. The normalized spacial score (nSPS) is 27.2. The fraction of sp³-hybridized carbons (Fsp3) is 0.625. The van der Waals surface area contributed by atoms with E-state index in [2.05, 4.69) is 10.2 Å². The Hall–Kier alpha value is -1.17. The van der Waals surface area contributed by atoms with Gasteiger partial charge in [0.05, 0.1) is 31.0 Å². The van der Waals surface area contributed by atoms with Crippen molar-refractivity contribution < 1.29 is 13.9 Å². The molecule has 0 saturated carbocycles. The Morgan fingerprint density at radius 2 is 2.00 bits per heavy atom. The Morgan fingerprint density at radius 3 is 2.71 bits per heavy atom. The molecule has 2 atom stereocenters. The first-order valence-electron chi connectivity index (χ1n) is 7.64. The summed E-state index contributed by atoms with van der Waals surface area (Å²) >= 11 is 0. The van der Waals surface area contributed by atoms with Gasteiger partial charge in [-0.1, -0.05) is 12.1 Å². The maximum absolute atomic E-state index is 13.8.